The Bertz CT molecular complexity index is 534. The van der Waals surface area contributed by atoms with Gasteiger partial charge in [0, 0.05) is 13.1 Å². The number of hydrogen-bond donors (Lipinski definition) is 1. The molecule has 0 aromatic carbocycles. The molecule has 4 heteroatoms. The van der Waals surface area contributed by atoms with E-state index in [1.807, 2.05) is 24.8 Å². The van der Waals surface area contributed by atoms with E-state index in [0.717, 1.165) is 28.4 Å². The maximum Gasteiger partial charge on any atom is 0.263 e. The number of amides is 1. The van der Waals surface area contributed by atoms with Gasteiger partial charge in [0.1, 0.15) is 6.61 Å². The van der Waals surface area contributed by atoms with E-state index in [-0.39, 0.29) is 12.5 Å². The van der Waals surface area contributed by atoms with Crippen molar-refractivity contribution in [2.75, 3.05) is 19.7 Å². The van der Waals surface area contributed by atoms with E-state index in [9.17, 15) is 4.79 Å². The SMILES string of the molecule is CCN(CC1CCC1)C(=O)c1cc(C)c(C#CCO)s1. The van der Waals surface area contributed by atoms with E-state index in [1.54, 1.807) is 0 Å². The normalized spacial score (nSPS) is 14.3. The molecule has 1 saturated carbocycles. The summed E-state index contributed by atoms with van der Waals surface area (Å²) in [7, 11) is 0. The third kappa shape index (κ3) is 3.41. The minimum atomic E-state index is -0.149. The molecule has 108 valence electrons. The topological polar surface area (TPSA) is 40.5 Å². The molecule has 1 fully saturated rings. The van der Waals surface area contributed by atoms with Crippen LogP contribution in [0.2, 0.25) is 0 Å². The molecular formula is C16H21NO2S. The van der Waals surface area contributed by atoms with Gasteiger partial charge in [-0.2, -0.15) is 0 Å². The molecule has 20 heavy (non-hydrogen) atoms. The molecule has 0 unspecified atom stereocenters. The first-order valence-corrected chi connectivity index (χ1v) is 7.96. The highest BCUT2D eigenvalue weighted by atomic mass is 32.1. The van der Waals surface area contributed by atoms with E-state index >= 15 is 0 Å². The van der Waals surface area contributed by atoms with Crippen LogP contribution in [0.15, 0.2) is 6.07 Å². The van der Waals surface area contributed by atoms with Crippen LogP contribution in [-0.2, 0) is 0 Å². The van der Waals surface area contributed by atoms with E-state index < -0.39 is 0 Å². The fourth-order valence-corrected chi connectivity index (χ4v) is 3.35. The number of hydrogen-bond acceptors (Lipinski definition) is 3. The highest BCUT2D eigenvalue weighted by Crippen LogP contribution is 2.28. The fraction of sp³-hybridized carbons (Fsp3) is 0.562. The number of aliphatic hydroxyl groups excluding tert-OH is 1. The van der Waals surface area contributed by atoms with Crippen LogP contribution in [0.1, 0.15) is 46.3 Å². The smallest absolute Gasteiger partial charge is 0.263 e. The number of thiophene rings is 1. The van der Waals surface area contributed by atoms with Crippen molar-refractivity contribution in [3.05, 3.63) is 21.4 Å². The third-order valence-corrected chi connectivity index (χ3v) is 4.92. The zero-order chi connectivity index (χ0) is 14.5. The second-order valence-corrected chi connectivity index (χ2v) is 6.28. The number of nitrogens with zero attached hydrogens (tertiary/aromatic N) is 1. The van der Waals surface area contributed by atoms with Gasteiger partial charge < -0.3 is 10.0 Å². The van der Waals surface area contributed by atoms with Gasteiger partial charge in [-0.3, -0.25) is 4.79 Å². The average molecular weight is 291 g/mol. The largest absolute Gasteiger partial charge is 0.384 e. The molecule has 3 nitrogen and oxygen atoms in total. The molecule has 1 amide bonds. The Kier molecular flexibility index (Phi) is 5.22. The van der Waals surface area contributed by atoms with Crippen LogP contribution in [0.5, 0.6) is 0 Å². The van der Waals surface area contributed by atoms with Gasteiger partial charge >= 0.3 is 0 Å². The molecule has 0 aliphatic heterocycles. The average Bonchev–Trinajstić information content (AvgIpc) is 2.76. The monoisotopic (exact) mass is 291 g/mol. The summed E-state index contributed by atoms with van der Waals surface area (Å²) in [5.41, 5.74) is 1.01. The van der Waals surface area contributed by atoms with E-state index in [2.05, 4.69) is 11.8 Å². The van der Waals surface area contributed by atoms with Crippen LogP contribution in [0, 0.1) is 24.7 Å². The molecule has 1 heterocycles. The van der Waals surface area contributed by atoms with Crippen molar-refractivity contribution in [2.24, 2.45) is 5.92 Å². The number of rotatable bonds is 4. The lowest BCUT2D eigenvalue weighted by Gasteiger charge is -2.31. The van der Waals surface area contributed by atoms with E-state index in [0.29, 0.717) is 5.92 Å². The number of carbonyl (C=O) groups is 1. The molecule has 1 aromatic heterocycles. The lowest BCUT2D eigenvalue weighted by molar-refractivity contribution is 0.0711. The molecule has 2 rings (SSSR count). The summed E-state index contributed by atoms with van der Waals surface area (Å²) in [4.78, 5) is 16.1. The van der Waals surface area contributed by atoms with Gasteiger partial charge in [-0.05, 0) is 44.2 Å². The Morgan fingerprint density at radius 2 is 2.30 bits per heavy atom. The first-order chi connectivity index (χ1) is 9.65. The predicted molar refractivity (Wildman–Crippen MR) is 81.9 cm³/mol. The van der Waals surface area contributed by atoms with Crippen LogP contribution in [0.25, 0.3) is 0 Å². The summed E-state index contributed by atoms with van der Waals surface area (Å²) in [6.07, 6.45) is 3.80. The Morgan fingerprint density at radius 1 is 1.55 bits per heavy atom. The van der Waals surface area contributed by atoms with Crippen molar-refractivity contribution in [3.63, 3.8) is 0 Å². The van der Waals surface area contributed by atoms with Crippen LogP contribution in [0.3, 0.4) is 0 Å². The Labute approximate surface area is 124 Å². The lowest BCUT2D eigenvalue weighted by Crippen LogP contribution is -2.36. The summed E-state index contributed by atoms with van der Waals surface area (Å²) < 4.78 is 0. The molecular weight excluding hydrogens is 270 g/mol. The molecule has 1 N–H and O–H groups in total. The lowest BCUT2D eigenvalue weighted by atomic mass is 9.85. The minimum absolute atomic E-state index is 0.115. The number of aliphatic hydroxyl groups is 1. The molecule has 0 saturated heterocycles. The van der Waals surface area contributed by atoms with Crippen molar-refractivity contribution in [1.29, 1.82) is 0 Å². The number of carbonyl (C=O) groups excluding carboxylic acids is 1. The van der Waals surface area contributed by atoms with E-state index in [4.69, 9.17) is 5.11 Å². The summed E-state index contributed by atoms with van der Waals surface area (Å²) in [6.45, 7) is 5.47. The first-order valence-electron chi connectivity index (χ1n) is 7.15. The van der Waals surface area contributed by atoms with Gasteiger partial charge in [-0.15, -0.1) is 11.3 Å². The molecule has 1 aliphatic rings. The molecule has 0 atom stereocenters. The third-order valence-electron chi connectivity index (χ3n) is 3.78. The molecule has 1 aliphatic carbocycles. The highest BCUT2D eigenvalue weighted by molar-refractivity contribution is 7.14. The van der Waals surface area contributed by atoms with Crippen molar-refractivity contribution >= 4 is 17.2 Å². The molecule has 0 radical (unpaired) electrons. The fourth-order valence-electron chi connectivity index (χ4n) is 2.33. The van der Waals surface area contributed by atoms with Crippen LogP contribution in [-0.4, -0.2) is 35.6 Å². The quantitative estimate of drug-likeness (QED) is 0.866. The van der Waals surface area contributed by atoms with Gasteiger partial charge in [0.2, 0.25) is 0 Å². The minimum Gasteiger partial charge on any atom is -0.384 e. The van der Waals surface area contributed by atoms with Crippen molar-refractivity contribution < 1.29 is 9.90 Å². The van der Waals surface area contributed by atoms with Crippen LogP contribution in [0.4, 0.5) is 0 Å². The van der Waals surface area contributed by atoms with Gasteiger partial charge in [0.25, 0.3) is 5.91 Å². The highest BCUT2D eigenvalue weighted by Gasteiger charge is 2.24. The maximum absolute atomic E-state index is 12.5. The van der Waals surface area contributed by atoms with Crippen molar-refractivity contribution in [3.8, 4) is 11.8 Å². The number of aryl methyl sites for hydroxylation is 1. The molecule has 0 spiro atoms. The van der Waals surface area contributed by atoms with Gasteiger partial charge in [0.05, 0.1) is 9.75 Å². The summed E-state index contributed by atoms with van der Waals surface area (Å²) >= 11 is 1.43. The van der Waals surface area contributed by atoms with Gasteiger partial charge in [-0.25, -0.2) is 0 Å². The summed E-state index contributed by atoms with van der Waals surface area (Å²) in [5, 5.41) is 8.75. The Hall–Kier alpha value is -1.31. The maximum atomic E-state index is 12.5. The Balaban J connectivity index is 2.10. The molecule has 1 aromatic rings. The van der Waals surface area contributed by atoms with Crippen LogP contribution < -0.4 is 0 Å². The zero-order valence-corrected chi connectivity index (χ0v) is 12.9. The summed E-state index contributed by atoms with van der Waals surface area (Å²) in [5.74, 6) is 6.35. The van der Waals surface area contributed by atoms with Crippen molar-refractivity contribution in [2.45, 2.75) is 33.1 Å². The standard InChI is InChI=1S/C16H21NO2S/c1-3-17(11-13-6-4-7-13)16(19)15-10-12(2)14(20-15)8-5-9-18/h10,13,18H,3-4,6-7,9,11H2,1-2H3. The second kappa shape index (κ2) is 6.92. The summed E-state index contributed by atoms with van der Waals surface area (Å²) in [6, 6.07) is 1.91. The van der Waals surface area contributed by atoms with Gasteiger partial charge in [0.15, 0.2) is 0 Å². The molecule has 0 bridgehead atoms. The van der Waals surface area contributed by atoms with E-state index in [1.165, 1.54) is 30.6 Å². The Morgan fingerprint density at radius 3 is 2.85 bits per heavy atom. The second-order valence-electron chi connectivity index (χ2n) is 5.22. The predicted octanol–water partition coefficient (Wildman–Crippen LogP) is 2.66. The van der Waals surface area contributed by atoms with Crippen LogP contribution >= 0.6 is 11.3 Å². The first kappa shape index (κ1) is 15.1. The van der Waals surface area contributed by atoms with Crippen molar-refractivity contribution in [1.82, 2.24) is 4.90 Å². The zero-order valence-electron chi connectivity index (χ0n) is 12.1. The van der Waals surface area contributed by atoms with Gasteiger partial charge in [-0.1, -0.05) is 18.3 Å².